The Morgan fingerprint density at radius 1 is 1.19 bits per heavy atom. The molecule has 0 amide bonds. The van der Waals surface area contributed by atoms with E-state index in [-0.39, 0.29) is 28.6 Å². The van der Waals surface area contributed by atoms with Crippen LogP contribution < -0.4 is 0 Å². The summed E-state index contributed by atoms with van der Waals surface area (Å²) in [4.78, 5) is 0. The fraction of sp³-hybridized carbons (Fsp3) is 0.786. The van der Waals surface area contributed by atoms with Gasteiger partial charge in [-0.2, -0.15) is 0 Å². The minimum Gasteiger partial charge on any atom is -0.393 e. The summed E-state index contributed by atoms with van der Waals surface area (Å²) in [5.41, 5.74) is 3.66. The zero-order chi connectivity index (χ0) is 22.3. The van der Waals surface area contributed by atoms with Crippen molar-refractivity contribution in [2.45, 2.75) is 103 Å². The van der Waals surface area contributed by atoms with Gasteiger partial charge < -0.3 is 14.9 Å². The van der Waals surface area contributed by atoms with Gasteiger partial charge in [-0.05, 0) is 78.8 Å². The first-order valence-electron chi connectivity index (χ1n) is 12.7. The van der Waals surface area contributed by atoms with E-state index in [2.05, 4.69) is 53.3 Å². The van der Waals surface area contributed by atoms with Crippen LogP contribution in [0.3, 0.4) is 0 Å². The van der Waals surface area contributed by atoms with Gasteiger partial charge in [0, 0.05) is 11.8 Å². The number of fused-ring (bicyclic) bond motifs is 3. The molecule has 0 aromatic rings. The van der Waals surface area contributed by atoms with E-state index < -0.39 is 6.10 Å². The predicted octanol–water partition coefficient (Wildman–Crippen LogP) is 5.58. The van der Waals surface area contributed by atoms with Gasteiger partial charge >= 0.3 is 0 Å². The third kappa shape index (κ3) is 2.88. The van der Waals surface area contributed by atoms with Crippen molar-refractivity contribution in [1.29, 1.82) is 0 Å². The van der Waals surface area contributed by atoms with Crippen LogP contribution in [0.15, 0.2) is 35.5 Å². The van der Waals surface area contributed by atoms with Crippen LogP contribution in [0.1, 0.15) is 79.6 Å². The van der Waals surface area contributed by atoms with Crippen LogP contribution in [0.4, 0.5) is 0 Å². The van der Waals surface area contributed by atoms with Gasteiger partial charge in [-0.1, -0.05) is 58.9 Å². The van der Waals surface area contributed by atoms with E-state index in [1.807, 2.05) is 0 Å². The average molecular weight is 427 g/mol. The standard InChI is InChI=1S/C28H42O3/c1-16(2)17(3)7-8-18(4)20-9-10-21-23-22(12-13-26(20,21)5)27(6)14-11-19(29)15-28(27)25(31-28)24(23)30/h12-13,16,18-21,24-25,29-30H,3,7-11,14-15H2,1-2,4-6H3/t18-,19+,20-,21+,24+,25-,26-,27-,28-/m1/s1. The van der Waals surface area contributed by atoms with E-state index in [4.69, 9.17) is 4.74 Å². The first kappa shape index (κ1) is 21.9. The van der Waals surface area contributed by atoms with E-state index in [0.29, 0.717) is 30.1 Å². The van der Waals surface area contributed by atoms with Gasteiger partial charge in [0.2, 0.25) is 0 Å². The molecule has 3 nitrogen and oxygen atoms in total. The second-order valence-corrected chi connectivity index (χ2v) is 12.2. The van der Waals surface area contributed by atoms with E-state index in [0.717, 1.165) is 25.7 Å². The molecule has 1 aliphatic heterocycles. The molecule has 5 rings (SSSR count). The number of hydrogen-bond acceptors (Lipinski definition) is 3. The Hall–Kier alpha value is -0.900. The Balaban J connectivity index is 1.43. The molecule has 2 saturated carbocycles. The van der Waals surface area contributed by atoms with Crippen molar-refractivity contribution < 1.29 is 14.9 Å². The van der Waals surface area contributed by atoms with Gasteiger partial charge in [-0.15, -0.1) is 0 Å². The van der Waals surface area contributed by atoms with Crippen LogP contribution in [0, 0.1) is 34.5 Å². The van der Waals surface area contributed by atoms with Gasteiger partial charge in [0.1, 0.15) is 17.8 Å². The number of allylic oxidation sites excluding steroid dienone is 3. The Kier molecular flexibility index (Phi) is 4.98. The monoisotopic (exact) mass is 426 g/mol. The molecule has 1 spiro atoms. The highest BCUT2D eigenvalue weighted by Gasteiger charge is 2.75. The number of hydrogen-bond donors (Lipinski definition) is 2. The summed E-state index contributed by atoms with van der Waals surface area (Å²) in [6, 6.07) is 0. The lowest BCUT2D eigenvalue weighted by molar-refractivity contribution is 0.00963. The number of aliphatic hydroxyl groups excluding tert-OH is 2. The number of ether oxygens (including phenoxy) is 1. The van der Waals surface area contributed by atoms with Crippen LogP contribution in [0.25, 0.3) is 0 Å². The molecule has 2 N–H and O–H groups in total. The van der Waals surface area contributed by atoms with Crippen molar-refractivity contribution >= 4 is 0 Å². The Labute approximate surface area is 188 Å². The molecule has 31 heavy (non-hydrogen) atoms. The highest BCUT2D eigenvalue weighted by atomic mass is 16.6. The first-order chi connectivity index (χ1) is 14.5. The summed E-state index contributed by atoms with van der Waals surface area (Å²) < 4.78 is 6.29. The summed E-state index contributed by atoms with van der Waals surface area (Å²) >= 11 is 0. The zero-order valence-electron chi connectivity index (χ0n) is 20.2. The molecule has 5 aliphatic rings. The van der Waals surface area contributed by atoms with Crippen LogP contribution in [-0.4, -0.2) is 34.1 Å². The Bertz CT molecular complexity index is 839. The topological polar surface area (TPSA) is 53.0 Å². The molecule has 172 valence electrons. The molecular weight excluding hydrogens is 384 g/mol. The molecule has 4 aliphatic carbocycles. The van der Waals surface area contributed by atoms with E-state index in [1.54, 1.807) is 0 Å². The SMILES string of the molecule is C=C(CC[C@@H](C)[C@H]1CC[C@H]2C3=C(C=C[C@]12C)[C@@]1(C)CC[C@H](O)C[C@]12O[C@@H]2[C@H]3O)C(C)C. The van der Waals surface area contributed by atoms with Crippen LogP contribution >= 0.6 is 0 Å². The molecule has 3 heteroatoms. The minimum atomic E-state index is -0.516. The van der Waals surface area contributed by atoms with Crippen LogP contribution in [0.2, 0.25) is 0 Å². The number of epoxide rings is 1. The molecule has 1 heterocycles. The maximum absolute atomic E-state index is 11.5. The lowest BCUT2D eigenvalue weighted by atomic mass is 9.51. The summed E-state index contributed by atoms with van der Waals surface area (Å²) in [6.45, 7) is 16.0. The third-order valence-corrected chi connectivity index (χ3v) is 10.4. The maximum Gasteiger partial charge on any atom is 0.118 e. The molecule has 0 aromatic heterocycles. The molecule has 0 radical (unpaired) electrons. The molecule has 0 bridgehead atoms. The molecular formula is C28H42O3. The molecule has 1 saturated heterocycles. The molecule has 3 fully saturated rings. The lowest BCUT2D eigenvalue weighted by Crippen LogP contribution is -2.54. The fourth-order valence-corrected chi connectivity index (χ4v) is 8.16. The van der Waals surface area contributed by atoms with Gasteiger partial charge in [0.25, 0.3) is 0 Å². The molecule has 0 unspecified atom stereocenters. The van der Waals surface area contributed by atoms with Crippen molar-refractivity contribution in [3.8, 4) is 0 Å². The largest absolute Gasteiger partial charge is 0.393 e. The van der Waals surface area contributed by atoms with Crippen LogP contribution in [0.5, 0.6) is 0 Å². The average Bonchev–Trinajstić information content (AvgIpc) is 3.34. The first-order valence-corrected chi connectivity index (χ1v) is 12.7. The smallest absolute Gasteiger partial charge is 0.118 e. The third-order valence-electron chi connectivity index (χ3n) is 10.4. The van der Waals surface area contributed by atoms with E-state index in [9.17, 15) is 10.2 Å². The zero-order valence-corrected chi connectivity index (χ0v) is 20.2. The normalized spacial score (nSPS) is 48.7. The molecule has 9 atom stereocenters. The maximum atomic E-state index is 11.5. The van der Waals surface area contributed by atoms with Crippen molar-refractivity contribution in [3.63, 3.8) is 0 Å². The summed E-state index contributed by atoms with van der Waals surface area (Å²) in [6.07, 6.45) is 11.1. The van der Waals surface area contributed by atoms with Crippen molar-refractivity contribution in [1.82, 2.24) is 0 Å². The number of aliphatic hydroxyl groups is 2. The van der Waals surface area contributed by atoms with Gasteiger partial charge in [0.15, 0.2) is 0 Å². The highest BCUT2D eigenvalue weighted by Crippen LogP contribution is 2.70. The van der Waals surface area contributed by atoms with Crippen molar-refractivity contribution in [2.24, 2.45) is 34.5 Å². The minimum absolute atomic E-state index is 0.0814. The summed E-state index contributed by atoms with van der Waals surface area (Å²) in [5.74, 6) is 2.26. The van der Waals surface area contributed by atoms with Crippen molar-refractivity contribution in [3.05, 3.63) is 35.5 Å². The molecule has 0 aromatic carbocycles. The lowest BCUT2D eigenvalue weighted by Gasteiger charge is -2.52. The fourth-order valence-electron chi connectivity index (χ4n) is 8.16. The Morgan fingerprint density at radius 3 is 2.65 bits per heavy atom. The second-order valence-electron chi connectivity index (χ2n) is 12.2. The summed E-state index contributed by atoms with van der Waals surface area (Å²) in [5, 5.41) is 21.8. The Morgan fingerprint density at radius 2 is 1.94 bits per heavy atom. The van der Waals surface area contributed by atoms with E-state index >= 15 is 0 Å². The number of rotatable bonds is 5. The predicted molar refractivity (Wildman–Crippen MR) is 124 cm³/mol. The highest BCUT2D eigenvalue weighted by molar-refractivity contribution is 5.51. The van der Waals surface area contributed by atoms with Crippen LogP contribution in [-0.2, 0) is 4.74 Å². The summed E-state index contributed by atoms with van der Waals surface area (Å²) in [7, 11) is 0. The van der Waals surface area contributed by atoms with Crippen molar-refractivity contribution in [2.75, 3.05) is 0 Å². The second kappa shape index (κ2) is 7.05. The quantitative estimate of drug-likeness (QED) is 0.446. The van der Waals surface area contributed by atoms with E-state index in [1.165, 1.54) is 29.6 Å². The van der Waals surface area contributed by atoms with Gasteiger partial charge in [0.05, 0.1) is 6.10 Å². The van der Waals surface area contributed by atoms with Gasteiger partial charge in [-0.3, -0.25) is 0 Å². The van der Waals surface area contributed by atoms with Gasteiger partial charge in [-0.25, -0.2) is 0 Å².